The lowest BCUT2D eigenvalue weighted by molar-refractivity contribution is -0.384. The molecule has 0 spiro atoms. The van der Waals surface area contributed by atoms with Gasteiger partial charge in [0.05, 0.1) is 16.3 Å². The summed E-state index contributed by atoms with van der Waals surface area (Å²) in [6.45, 7) is 3.72. The van der Waals surface area contributed by atoms with Crippen molar-refractivity contribution >= 4 is 17.1 Å². The summed E-state index contributed by atoms with van der Waals surface area (Å²) >= 11 is 0. The van der Waals surface area contributed by atoms with Gasteiger partial charge in [-0.2, -0.15) is 0 Å². The fraction of sp³-hybridized carbons (Fsp3) is 0.0625. The van der Waals surface area contributed by atoms with Crippen molar-refractivity contribution in [3.8, 4) is 0 Å². The number of rotatable bonds is 5. The first-order valence-electron chi connectivity index (χ1n) is 6.19. The Bertz CT molecular complexity index is 631. The van der Waals surface area contributed by atoms with E-state index in [4.69, 9.17) is 0 Å². The van der Waals surface area contributed by atoms with E-state index in [-0.39, 0.29) is 5.69 Å². The van der Waals surface area contributed by atoms with Crippen molar-refractivity contribution < 1.29 is 4.92 Å². The molecule has 0 aromatic heterocycles. The average molecular weight is 266 g/mol. The van der Waals surface area contributed by atoms with Crippen LogP contribution in [0.15, 0.2) is 72.2 Å². The Morgan fingerprint density at radius 3 is 2.35 bits per heavy atom. The quantitative estimate of drug-likeness (QED) is 0.351. The highest BCUT2D eigenvalue weighted by Gasteiger charge is 2.07. The second kappa shape index (κ2) is 6.43. The molecule has 0 saturated carbocycles. The van der Waals surface area contributed by atoms with Gasteiger partial charge in [0.2, 0.25) is 0 Å². The van der Waals surface area contributed by atoms with Crippen LogP contribution in [0.3, 0.4) is 0 Å². The molecule has 0 saturated heterocycles. The molecule has 0 aliphatic carbocycles. The molecule has 2 aromatic rings. The van der Waals surface area contributed by atoms with Gasteiger partial charge < -0.3 is 0 Å². The summed E-state index contributed by atoms with van der Waals surface area (Å²) in [5.41, 5.74) is 2.62. The summed E-state index contributed by atoms with van der Waals surface area (Å²) in [5, 5.41) is 10.7. The van der Waals surface area contributed by atoms with Gasteiger partial charge in [-0.25, -0.2) is 0 Å². The molecule has 0 bridgehead atoms. The second-order valence-electron chi connectivity index (χ2n) is 4.19. The van der Waals surface area contributed by atoms with E-state index < -0.39 is 4.92 Å². The SMILES string of the molecule is C=CCC(=Nc1ccccc1)c1ccc([N+](=O)[O-])cc1. The lowest BCUT2D eigenvalue weighted by atomic mass is 10.1. The van der Waals surface area contributed by atoms with E-state index in [1.165, 1.54) is 12.1 Å². The molecule has 0 aliphatic heterocycles. The van der Waals surface area contributed by atoms with E-state index in [0.717, 1.165) is 17.0 Å². The van der Waals surface area contributed by atoms with Crippen molar-refractivity contribution in [3.63, 3.8) is 0 Å². The summed E-state index contributed by atoms with van der Waals surface area (Å²) in [5.74, 6) is 0. The fourth-order valence-electron chi connectivity index (χ4n) is 1.80. The third-order valence-electron chi connectivity index (χ3n) is 2.77. The summed E-state index contributed by atoms with van der Waals surface area (Å²) in [7, 11) is 0. The maximum atomic E-state index is 10.7. The first-order valence-corrected chi connectivity index (χ1v) is 6.19. The van der Waals surface area contributed by atoms with Gasteiger partial charge in [0.15, 0.2) is 0 Å². The van der Waals surface area contributed by atoms with Gasteiger partial charge >= 0.3 is 0 Å². The molecule has 0 unspecified atom stereocenters. The van der Waals surface area contributed by atoms with Gasteiger partial charge in [0.1, 0.15) is 0 Å². The van der Waals surface area contributed by atoms with E-state index in [2.05, 4.69) is 11.6 Å². The lowest BCUT2D eigenvalue weighted by Crippen LogP contribution is -1.99. The minimum Gasteiger partial charge on any atom is -0.258 e. The van der Waals surface area contributed by atoms with E-state index in [9.17, 15) is 10.1 Å². The van der Waals surface area contributed by atoms with Gasteiger partial charge in [-0.1, -0.05) is 24.3 Å². The van der Waals surface area contributed by atoms with Crippen LogP contribution < -0.4 is 0 Å². The maximum absolute atomic E-state index is 10.7. The number of nitro benzene ring substituents is 1. The van der Waals surface area contributed by atoms with E-state index in [0.29, 0.717) is 6.42 Å². The average Bonchev–Trinajstić information content (AvgIpc) is 2.48. The first kappa shape index (κ1) is 13.7. The molecule has 0 amide bonds. The summed E-state index contributed by atoms with van der Waals surface area (Å²) in [6.07, 6.45) is 2.37. The molecule has 0 heterocycles. The van der Waals surface area contributed by atoms with E-state index in [1.807, 2.05) is 30.3 Å². The number of nitrogens with zero attached hydrogens (tertiary/aromatic N) is 2. The van der Waals surface area contributed by atoms with Gasteiger partial charge in [-0.15, -0.1) is 6.58 Å². The Balaban J connectivity index is 2.35. The molecular weight excluding hydrogens is 252 g/mol. The van der Waals surface area contributed by atoms with Crippen LogP contribution in [0.5, 0.6) is 0 Å². The Labute approximate surface area is 117 Å². The standard InChI is InChI=1S/C16H14N2O2/c1-2-6-16(17-14-7-4-3-5-8-14)13-9-11-15(12-10-13)18(19)20/h2-5,7-12H,1,6H2. The highest BCUT2D eigenvalue weighted by atomic mass is 16.6. The van der Waals surface area contributed by atoms with Crippen LogP contribution in [0.2, 0.25) is 0 Å². The van der Waals surface area contributed by atoms with Gasteiger partial charge in [0, 0.05) is 18.6 Å². The molecule has 4 nitrogen and oxygen atoms in total. The van der Waals surface area contributed by atoms with Crippen molar-refractivity contribution in [3.05, 3.63) is 82.9 Å². The van der Waals surface area contributed by atoms with Crippen LogP contribution in [0.1, 0.15) is 12.0 Å². The zero-order valence-electron chi connectivity index (χ0n) is 10.9. The fourth-order valence-corrected chi connectivity index (χ4v) is 1.80. The molecular formula is C16H14N2O2. The number of nitro groups is 1. The third-order valence-corrected chi connectivity index (χ3v) is 2.77. The molecule has 100 valence electrons. The van der Waals surface area contributed by atoms with Crippen LogP contribution in [-0.2, 0) is 0 Å². The third kappa shape index (κ3) is 3.38. The van der Waals surface area contributed by atoms with Crippen LogP contribution in [-0.4, -0.2) is 10.6 Å². The molecule has 0 N–H and O–H groups in total. The Morgan fingerprint density at radius 1 is 1.15 bits per heavy atom. The van der Waals surface area contributed by atoms with Crippen molar-refractivity contribution in [2.45, 2.75) is 6.42 Å². The predicted molar refractivity (Wildman–Crippen MR) is 80.5 cm³/mol. The number of aliphatic imine (C=N–C) groups is 1. The topological polar surface area (TPSA) is 55.5 Å². The number of benzene rings is 2. The molecule has 4 heteroatoms. The molecule has 0 atom stereocenters. The summed E-state index contributed by atoms with van der Waals surface area (Å²) < 4.78 is 0. The van der Waals surface area contributed by atoms with Crippen molar-refractivity contribution in [1.82, 2.24) is 0 Å². The normalized spacial score (nSPS) is 11.1. The number of non-ortho nitro benzene ring substituents is 1. The van der Waals surface area contributed by atoms with Gasteiger partial charge in [-0.05, 0) is 29.8 Å². The zero-order valence-corrected chi connectivity index (χ0v) is 10.9. The van der Waals surface area contributed by atoms with Crippen molar-refractivity contribution in [1.29, 1.82) is 0 Å². The molecule has 2 rings (SSSR count). The summed E-state index contributed by atoms with van der Waals surface area (Å²) in [6, 6.07) is 16.0. The number of para-hydroxylation sites is 1. The maximum Gasteiger partial charge on any atom is 0.269 e. The number of allylic oxidation sites excluding steroid dienone is 1. The molecule has 2 aromatic carbocycles. The van der Waals surface area contributed by atoms with Crippen molar-refractivity contribution in [2.24, 2.45) is 4.99 Å². The second-order valence-corrected chi connectivity index (χ2v) is 4.19. The highest BCUT2D eigenvalue weighted by Crippen LogP contribution is 2.18. The first-order chi connectivity index (χ1) is 9.70. The van der Waals surface area contributed by atoms with E-state index >= 15 is 0 Å². The number of hydrogen-bond acceptors (Lipinski definition) is 3. The molecule has 0 aliphatic rings. The summed E-state index contributed by atoms with van der Waals surface area (Å²) in [4.78, 5) is 14.8. The minimum atomic E-state index is -0.411. The molecule has 0 fully saturated rings. The van der Waals surface area contributed by atoms with E-state index in [1.54, 1.807) is 18.2 Å². The lowest BCUT2D eigenvalue weighted by Gasteiger charge is -2.04. The van der Waals surface area contributed by atoms with Crippen LogP contribution in [0, 0.1) is 10.1 Å². The predicted octanol–water partition coefficient (Wildman–Crippen LogP) is 4.29. The zero-order chi connectivity index (χ0) is 14.4. The molecule has 0 radical (unpaired) electrons. The Hall–Kier alpha value is -2.75. The monoisotopic (exact) mass is 266 g/mol. The minimum absolute atomic E-state index is 0.0754. The Kier molecular flexibility index (Phi) is 4.39. The van der Waals surface area contributed by atoms with Gasteiger partial charge in [-0.3, -0.25) is 15.1 Å². The highest BCUT2D eigenvalue weighted by molar-refractivity contribution is 6.03. The Morgan fingerprint density at radius 2 is 1.80 bits per heavy atom. The van der Waals surface area contributed by atoms with Crippen LogP contribution >= 0.6 is 0 Å². The van der Waals surface area contributed by atoms with Gasteiger partial charge in [0.25, 0.3) is 5.69 Å². The largest absolute Gasteiger partial charge is 0.269 e. The van der Waals surface area contributed by atoms with Crippen molar-refractivity contribution in [2.75, 3.05) is 0 Å². The van der Waals surface area contributed by atoms with Crippen LogP contribution in [0.25, 0.3) is 0 Å². The van der Waals surface area contributed by atoms with Crippen LogP contribution in [0.4, 0.5) is 11.4 Å². The smallest absolute Gasteiger partial charge is 0.258 e. The molecule has 20 heavy (non-hydrogen) atoms. The number of hydrogen-bond donors (Lipinski definition) is 0.